The van der Waals surface area contributed by atoms with Crippen molar-refractivity contribution in [2.24, 2.45) is 5.73 Å². The molecule has 112 valence electrons. The van der Waals surface area contributed by atoms with Gasteiger partial charge >= 0.3 is 0 Å². The molecule has 0 radical (unpaired) electrons. The number of likely N-dealkylation sites (N-methyl/N-ethyl adjacent to an activating group) is 1. The van der Waals surface area contributed by atoms with E-state index < -0.39 is 0 Å². The van der Waals surface area contributed by atoms with Crippen LogP contribution in [0.15, 0.2) is 24.3 Å². The van der Waals surface area contributed by atoms with E-state index in [1.54, 1.807) is 7.11 Å². The molecular formula is C15H24N2O2S. The molecule has 1 atom stereocenters. The molecule has 5 heteroatoms. The molecule has 0 saturated carbocycles. The third kappa shape index (κ3) is 5.45. The first-order valence-electron chi connectivity index (χ1n) is 6.84. The number of hydrogen-bond donors (Lipinski definition) is 1. The topological polar surface area (TPSA) is 47.7 Å². The molecule has 0 fully saturated rings. The summed E-state index contributed by atoms with van der Waals surface area (Å²) in [6, 6.07) is 7.95. The fourth-order valence-electron chi connectivity index (χ4n) is 2.06. The molecule has 0 aliphatic carbocycles. The van der Waals surface area contributed by atoms with E-state index in [2.05, 4.69) is 18.7 Å². The first-order chi connectivity index (χ1) is 9.58. The molecule has 0 aromatic heterocycles. The van der Waals surface area contributed by atoms with Crippen LogP contribution in [0.25, 0.3) is 0 Å². The Labute approximate surface area is 126 Å². The van der Waals surface area contributed by atoms with Crippen LogP contribution in [-0.4, -0.2) is 49.3 Å². The summed E-state index contributed by atoms with van der Waals surface area (Å²) in [6.07, 6.45) is 0. The molecule has 1 rings (SSSR count). The molecule has 0 aliphatic heterocycles. The highest BCUT2D eigenvalue weighted by atomic mass is 32.1. The average molecular weight is 296 g/mol. The van der Waals surface area contributed by atoms with Crippen LogP contribution in [0.3, 0.4) is 0 Å². The molecule has 1 aromatic rings. The van der Waals surface area contributed by atoms with Crippen molar-refractivity contribution >= 4 is 17.2 Å². The lowest BCUT2D eigenvalue weighted by molar-refractivity contribution is 0.0920. The molecule has 0 heterocycles. The zero-order chi connectivity index (χ0) is 15.0. The summed E-state index contributed by atoms with van der Waals surface area (Å²) in [5, 5.41) is 0. The number of nitrogens with zero attached hydrogens (tertiary/aromatic N) is 1. The van der Waals surface area contributed by atoms with Crippen molar-refractivity contribution in [1.82, 2.24) is 4.90 Å². The number of hydrogen-bond acceptors (Lipinski definition) is 4. The highest BCUT2D eigenvalue weighted by molar-refractivity contribution is 7.80. The maximum absolute atomic E-state index is 5.76. The van der Waals surface area contributed by atoms with Crippen LogP contribution in [-0.2, 0) is 4.74 Å². The van der Waals surface area contributed by atoms with Gasteiger partial charge in [-0.05, 0) is 25.6 Å². The fourth-order valence-corrected chi connectivity index (χ4v) is 2.18. The Morgan fingerprint density at radius 2 is 2.20 bits per heavy atom. The van der Waals surface area contributed by atoms with Crippen LogP contribution < -0.4 is 10.5 Å². The second-order valence-electron chi connectivity index (χ2n) is 4.67. The summed E-state index contributed by atoms with van der Waals surface area (Å²) >= 11 is 4.96. The Morgan fingerprint density at radius 3 is 2.80 bits per heavy atom. The van der Waals surface area contributed by atoms with Gasteiger partial charge in [0.2, 0.25) is 0 Å². The van der Waals surface area contributed by atoms with Gasteiger partial charge in [0.1, 0.15) is 17.3 Å². The largest absolute Gasteiger partial charge is 0.492 e. The molecule has 1 unspecified atom stereocenters. The van der Waals surface area contributed by atoms with Crippen LogP contribution in [0.1, 0.15) is 19.4 Å². The van der Waals surface area contributed by atoms with Gasteiger partial charge in [-0.1, -0.05) is 31.3 Å². The SMILES string of the molecule is CCN(CCOc1cccc(C(N)=S)c1)C(C)COC. The average Bonchev–Trinajstić information content (AvgIpc) is 2.44. The first kappa shape index (κ1) is 16.9. The number of nitrogens with two attached hydrogens (primary N) is 1. The Kier molecular flexibility index (Phi) is 7.51. The van der Waals surface area contributed by atoms with Gasteiger partial charge in [-0.25, -0.2) is 0 Å². The van der Waals surface area contributed by atoms with Crippen LogP contribution in [0.4, 0.5) is 0 Å². The lowest BCUT2D eigenvalue weighted by atomic mass is 10.2. The fraction of sp³-hybridized carbons (Fsp3) is 0.533. The van der Waals surface area contributed by atoms with E-state index >= 15 is 0 Å². The first-order valence-corrected chi connectivity index (χ1v) is 7.25. The Morgan fingerprint density at radius 1 is 1.45 bits per heavy atom. The zero-order valence-electron chi connectivity index (χ0n) is 12.5. The molecule has 0 amide bonds. The molecule has 20 heavy (non-hydrogen) atoms. The van der Waals surface area contributed by atoms with Gasteiger partial charge in [-0.2, -0.15) is 0 Å². The quantitative estimate of drug-likeness (QED) is 0.707. The zero-order valence-corrected chi connectivity index (χ0v) is 13.3. The lowest BCUT2D eigenvalue weighted by Gasteiger charge is -2.27. The minimum atomic E-state index is 0.386. The predicted molar refractivity (Wildman–Crippen MR) is 86.4 cm³/mol. The Bertz CT molecular complexity index is 426. The monoisotopic (exact) mass is 296 g/mol. The summed E-state index contributed by atoms with van der Waals surface area (Å²) in [4.78, 5) is 2.71. The smallest absolute Gasteiger partial charge is 0.120 e. The van der Waals surface area contributed by atoms with Crippen molar-refractivity contribution in [3.05, 3.63) is 29.8 Å². The number of benzene rings is 1. The van der Waals surface area contributed by atoms with Crippen LogP contribution >= 0.6 is 12.2 Å². The van der Waals surface area contributed by atoms with E-state index in [0.29, 0.717) is 17.6 Å². The third-order valence-corrected chi connectivity index (χ3v) is 3.44. The molecule has 0 spiro atoms. The van der Waals surface area contributed by atoms with Crippen molar-refractivity contribution < 1.29 is 9.47 Å². The van der Waals surface area contributed by atoms with Gasteiger partial charge in [0.25, 0.3) is 0 Å². The Hall–Kier alpha value is -1.17. The molecule has 0 aliphatic rings. The molecular weight excluding hydrogens is 272 g/mol. The Balaban J connectivity index is 2.46. The van der Waals surface area contributed by atoms with Crippen molar-refractivity contribution in [3.63, 3.8) is 0 Å². The van der Waals surface area contributed by atoms with Gasteiger partial charge < -0.3 is 15.2 Å². The number of thiocarbonyl (C=S) groups is 1. The molecule has 4 nitrogen and oxygen atoms in total. The second kappa shape index (κ2) is 8.89. The molecule has 2 N–H and O–H groups in total. The summed E-state index contributed by atoms with van der Waals surface area (Å²) < 4.78 is 10.9. The highest BCUT2D eigenvalue weighted by Crippen LogP contribution is 2.13. The maximum Gasteiger partial charge on any atom is 0.120 e. The standard InChI is InChI=1S/C15H24N2O2S/c1-4-17(12(2)11-18-3)8-9-19-14-7-5-6-13(10-14)15(16)20/h5-7,10,12H,4,8-9,11H2,1-3H3,(H2,16,20). The highest BCUT2D eigenvalue weighted by Gasteiger charge is 2.11. The van der Waals surface area contributed by atoms with Crippen LogP contribution in [0.2, 0.25) is 0 Å². The normalized spacial score (nSPS) is 12.4. The minimum absolute atomic E-state index is 0.386. The molecule has 0 bridgehead atoms. The van der Waals surface area contributed by atoms with Gasteiger partial charge in [-0.15, -0.1) is 0 Å². The van der Waals surface area contributed by atoms with Gasteiger partial charge in [0, 0.05) is 25.3 Å². The minimum Gasteiger partial charge on any atom is -0.492 e. The van der Waals surface area contributed by atoms with Crippen LogP contribution in [0.5, 0.6) is 5.75 Å². The van der Waals surface area contributed by atoms with E-state index in [4.69, 9.17) is 27.4 Å². The van der Waals surface area contributed by atoms with Gasteiger partial charge in [0.15, 0.2) is 0 Å². The van der Waals surface area contributed by atoms with E-state index in [9.17, 15) is 0 Å². The van der Waals surface area contributed by atoms with E-state index in [0.717, 1.165) is 31.0 Å². The molecule has 0 saturated heterocycles. The van der Waals surface area contributed by atoms with Crippen molar-refractivity contribution in [3.8, 4) is 5.75 Å². The van der Waals surface area contributed by atoms with Gasteiger partial charge in [-0.3, -0.25) is 4.90 Å². The lowest BCUT2D eigenvalue weighted by Crippen LogP contribution is -2.38. The third-order valence-electron chi connectivity index (χ3n) is 3.20. The van der Waals surface area contributed by atoms with Crippen molar-refractivity contribution in [2.45, 2.75) is 19.9 Å². The summed E-state index contributed by atoms with van der Waals surface area (Å²) in [7, 11) is 1.72. The number of methoxy groups -OCH3 is 1. The van der Waals surface area contributed by atoms with Crippen molar-refractivity contribution in [1.29, 1.82) is 0 Å². The summed E-state index contributed by atoms with van der Waals surface area (Å²) in [5.74, 6) is 0.797. The second-order valence-corrected chi connectivity index (χ2v) is 5.11. The predicted octanol–water partition coefficient (Wildman–Crippen LogP) is 2.06. The van der Waals surface area contributed by atoms with Crippen LogP contribution in [0, 0.1) is 0 Å². The summed E-state index contributed by atoms with van der Waals surface area (Å²) in [5.41, 5.74) is 6.44. The summed E-state index contributed by atoms with van der Waals surface area (Å²) in [6.45, 7) is 7.48. The van der Waals surface area contributed by atoms with E-state index in [-0.39, 0.29) is 0 Å². The van der Waals surface area contributed by atoms with Crippen molar-refractivity contribution in [2.75, 3.05) is 33.4 Å². The van der Waals surface area contributed by atoms with Gasteiger partial charge in [0.05, 0.1) is 6.61 Å². The number of rotatable bonds is 9. The van der Waals surface area contributed by atoms with E-state index in [1.807, 2.05) is 24.3 Å². The maximum atomic E-state index is 5.76. The molecule has 1 aromatic carbocycles. The van der Waals surface area contributed by atoms with E-state index in [1.165, 1.54) is 0 Å². The number of ether oxygens (including phenoxy) is 2.